The number of carbonyl (C=O) groups is 1. The second-order valence-corrected chi connectivity index (χ2v) is 6.94. The van der Waals surface area contributed by atoms with E-state index in [0.29, 0.717) is 10.9 Å². The summed E-state index contributed by atoms with van der Waals surface area (Å²) >= 11 is 0. The van der Waals surface area contributed by atoms with Crippen LogP contribution in [-0.4, -0.2) is 26.3 Å². The van der Waals surface area contributed by atoms with Crippen molar-refractivity contribution in [1.82, 2.24) is 14.3 Å². The van der Waals surface area contributed by atoms with Crippen LogP contribution in [0.3, 0.4) is 0 Å². The third-order valence-electron chi connectivity index (χ3n) is 5.04. The Labute approximate surface area is 156 Å². The number of hydrogen-bond acceptors (Lipinski definition) is 4. The van der Waals surface area contributed by atoms with Gasteiger partial charge >= 0.3 is 0 Å². The Morgan fingerprint density at radius 1 is 1.07 bits per heavy atom. The van der Waals surface area contributed by atoms with Crippen molar-refractivity contribution in [2.75, 3.05) is 0 Å². The zero-order valence-electron chi connectivity index (χ0n) is 15.1. The van der Waals surface area contributed by atoms with E-state index in [-0.39, 0.29) is 24.1 Å². The lowest BCUT2D eigenvalue weighted by molar-refractivity contribution is 0.0878. The van der Waals surface area contributed by atoms with Crippen LogP contribution >= 0.6 is 0 Å². The Bertz CT molecular complexity index is 1090. The molecular formula is C21H22N4O2. The van der Waals surface area contributed by atoms with Gasteiger partial charge in [0.05, 0.1) is 17.6 Å². The molecule has 27 heavy (non-hydrogen) atoms. The highest BCUT2D eigenvalue weighted by atomic mass is 16.2. The van der Waals surface area contributed by atoms with E-state index in [1.807, 2.05) is 30.3 Å². The molecule has 1 aliphatic carbocycles. The fourth-order valence-corrected chi connectivity index (χ4v) is 3.59. The molecule has 138 valence electrons. The normalized spacial score (nSPS) is 15.9. The second-order valence-electron chi connectivity index (χ2n) is 6.94. The molecule has 0 amide bonds. The first-order valence-electron chi connectivity index (χ1n) is 9.42. The van der Waals surface area contributed by atoms with Crippen molar-refractivity contribution in [1.29, 1.82) is 0 Å². The lowest BCUT2D eigenvalue weighted by Gasteiger charge is -2.17. The first-order chi connectivity index (χ1) is 13.2. The third-order valence-corrected chi connectivity index (χ3v) is 5.04. The Balaban J connectivity index is 1.65. The lowest BCUT2D eigenvalue weighted by atomic mass is 9.96. The maximum Gasteiger partial charge on any atom is 0.275 e. The molecule has 6 heteroatoms. The van der Waals surface area contributed by atoms with Crippen LogP contribution in [-0.2, 0) is 6.54 Å². The van der Waals surface area contributed by atoms with Gasteiger partial charge in [0.25, 0.3) is 11.5 Å². The standard InChI is InChI=1S/C21H22N4O2/c26-20(15-25-21(27)18-11-5-4-8-16(18)14-22-25)24-13-7-6-12-19(24)23-17-9-2-1-3-10-17/h4-8,11-14,17H,1-3,9-10,15H2. The zero-order valence-corrected chi connectivity index (χ0v) is 15.1. The van der Waals surface area contributed by atoms with Crippen LogP contribution in [0.2, 0.25) is 0 Å². The maximum atomic E-state index is 12.9. The van der Waals surface area contributed by atoms with E-state index >= 15 is 0 Å². The molecule has 0 radical (unpaired) electrons. The molecule has 0 unspecified atom stereocenters. The minimum atomic E-state index is -0.260. The summed E-state index contributed by atoms with van der Waals surface area (Å²) in [6.45, 7) is -0.120. The fraction of sp³-hybridized carbons (Fsp3) is 0.333. The molecule has 6 nitrogen and oxygen atoms in total. The summed E-state index contributed by atoms with van der Waals surface area (Å²) in [6, 6.07) is 13.1. The van der Waals surface area contributed by atoms with E-state index in [0.717, 1.165) is 18.2 Å². The van der Waals surface area contributed by atoms with E-state index in [4.69, 9.17) is 4.99 Å². The van der Waals surface area contributed by atoms with Gasteiger partial charge in [-0.2, -0.15) is 5.10 Å². The average molecular weight is 362 g/mol. The number of nitrogens with zero attached hydrogens (tertiary/aromatic N) is 4. The fourth-order valence-electron chi connectivity index (χ4n) is 3.59. The highest BCUT2D eigenvalue weighted by molar-refractivity contribution is 5.81. The molecule has 2 aromatic heterocycles. The molecule has 2 heterocycles. The van der Waals surface area contributed by atoms with Crippen molar-refractivity contribution in [3.63, 3.8) is 0 Å². The largest absolute Gasteiger partial charge is 0.275 e. The number of carbonyl (C=O) groups excluding carboxylic acids is 1. The number of aromatic nitrogens is 3. The summed E-state index contributed by atoms with van der Waals surface area (Å²) in [4.78, 5) is 30.3. The van der Waals surface area contributed by atoms with Crippen LogP contribution in [0.25, 0.3) is 10.8 Å². The van der Waals surface area contributed by atoms with E-state index in [1.54, 1.807) is 24.5 Å². The van der Waals surface area contributed by atoms with Crippen molar-refractivity contribution < 1.29 is 4.79 Å². The SMILES string of the molecule is O=C(Cn1ncc2ccccc2c1=O)n1ccccc1=NC1CCCCC1. The summed E-state index contributed by atoms with van der Waals surface area (Å²) in [5.74, 6) is -0.227. The molecule has 0 spiro atoms. The van der Waals surface area contributed by atoms with Crippen LogP contribution in [0.5, 0.6) is 0 Å². The number of hydrogen-bond donors (Lipinski definition) is 0. The van der Waals surface area contributed by atoms with Crippen molar-refractivity contribution in [3.8, 4) is 0 Å². The Morgan fingerprint density at radius 3 is 2.70 bits per heavy atom. The quantitative estimate of drug-likeness (QED) is 0.719. The molecule has 3 aromatic rings. The predicted octanol–water partition coefficient (Wildman–Crippen LogP) is 2.77. The Morgan fingerprint density at radius 2 is 1.85 bits per heavy atom. The van der Waals surface area contributed by atoms with Gasteiger partial charge in [0.15, 0.2) is 0 Å². The van der Waals surface area contributed by atoms with Crippen molar-refractivity contribution in [2.24, 2.45) is 4.99 Å². The number of benzene rings is 1. The summed E-state index contributed by atoms with van der Waals surface area (Å²) in [5, 5.41) is 5.49. The van der Waals surface area contributed by atoms with Crippen LogP contribution in [0.1, 0.15) is 36.9 Å². The molecule has 1 aromatic carbocycles. The van der Waals surface area contributed by atoms with Gasteiger partial charge in [-0.05, 0) is 31.0 Å². The summed E-state index contributed by atoms with van der Waals surface area (Å²) in [7, 11) is 0. The first-order valence-corrected chi connectivity index (χ1v) is 9.42. The number of rotatable bonds is 3. The maximum absolute atomic E-state index is 12.9. The molecule has 0 N–H and O–H groups in total. The molecule has 0 aliphatic heterocycles. The molecular weight excluding hydrogens is 340 g/mol. The van der Waals surface area contributed by atoms with Crippen LogP contribution in [0.4, 0.5) is 0 Å². The van der Waals surface area contributed by atoms with Crippen LogP contribution < -0.4 is 11.0 Å². The second kappa shape index (κ2) is 7.70. The van der Waals surface area contributed by atoms with Crippen LogP contribution in [0.15, 0.2) is 64.6 Å². The monoisotopic (exact) mass is 362 g/mol. The van der Waals surface area contributed by atoms with Gasteiger partial charge in [-0.3, -0.25) is 19.1 Å². The van der Waals surface area contributed by atoms with Gasteiger partial charge < -0.3 is 0 Å². The minimum absolute atomic E-state index is 0.120. The highest BCUT2D eigenvalue weighted by Crippen LogP contribution is 2.19. The molecule has 1 saturated carbocycles. The summed E-state index contributed by atoms with van der Waals surface area (Å²) < 4.78 is 2.74. The molecule has 4 rings (SSSR count). The van der Waals surface area contributed by atoms with Crippen LogP contribution in [0, 0.1) is 0 Å². The van der Waals surface area contributed by atoms with E-state index in [9.17, 15) is 9.59 Å². The van der Waals surface area contributed by atoms with E-state index in [2.05, 4.69) is 5.10 Å². The minimum Gasteiger partial charge on any atom is -0.272 e. The summed E-state index contributed by atoms with van der Waals surface area (Å²) in [6.07, 6.45) is 9.08. The number of fused-ring (bicyclic) bond motifs is 1. The van der Waals surface area contributed by atoms with Crippen molar-refractivity contribution in [3.05, 3.63) is 70.7 Å². The first kappa shape index (κ1) is 17.4. The van der Waals surface area contributed by atoms with Gasteiger partial charge in [0.1, 0.15) is 12.0 Å². The molecule has 0 atom stereocenters. The zero-order chi connectivity index (χ0) is 18.6. The van der Waals surface area contributed by atoms with Gasteiger partial charge in [-0.25, -0.2) is 4.68 Å². The van der Waals surface area contributed by atoms with Gasteiger partial charge in [0, 0.05) is 11.6 Å². The summed E-state index contributed by atoms with van der Waals surface area (Å²) in [5.41, 5.74) is 0.381. The smallest absolute Gasteiger partial charge is 0.272 e. The third kappa shape index (κ3) is 3.74. The van der Waals surface area contributed by atoms with E-state index in [1.165, 1.54) is 28.5 Å². The van der Waals surface area contributed by atoms with Crippen molar-refractivity contribution in [2.45, 2.75) is 44.7 Å². The topological polar surface area (TPSA) is 69.2 Å². The van der Waals surface area contributed by atoms with Gasteiger partial charge in [0.2, 0.25) is 0 Å². The Hall–Kier alpha value is -3.02. The highest BCUT2D eigenvalue weighted by Gasteiger charge is 2.14. The van der Waals surface area contributed by atoms with E-state index < -0.39 is 0 Å². The van der Waals surface area contributed by atoms with Gasteiger partial charge in [-0.1, -0.05) is 43.5 Å². The average Bonchev–Trinajstić information content (AvgIpc) is 2.71. The molecule has 0 saturated heterocycles. The van der Waals surface area contributed by atoms with Gasteiger partial charge in [-0.15, -0.1) is 0 Å². The lowest BCUT2D eigenvalue weighted by Crippen LogP contribution is -2.34. The number of pyridine rings is 1. The molecule has 1 fully saturated rings. The molecule has 1 aliphatic rings. The Kier molecular flexibility index (Phi) is 4.96. The molecule has 0 bridgehead atoms. The van der Waals surface area contributed by atoms with Crippen molar-refractivity contribution >= 4 is 16.7 Å². The predicted molar refractivity (Wildman–Crippen MR) is 103 cm³/mol.